The third kappa shape index (κ3) is 4.24. The number of nitrogens with zero attached hydrogens (tertiary/aromatic N) is 3. The monoisotopic (exact) mass is 423 g/mol. The summed E-state index contributed by atoms with van der Waals surface area (Å²) < 4.78 is 5.39. The molecule has 2 heterocycles. The molecular formula is C23H22ClN3O3. The molecule has 2 aromatic carbocycles. The van der Waals surface area contributed by atoms with Crippen LogP contribution >= 0.6 is 11.6 Å². The van der Waals surface area contributed by atoms with Crippen LogP contribution in [0.4, 0.5) is 4.79 Å². The fraction of sp³-hybridized carbons (Fsp3) is 0.261. The molecular weight excluding hydrogens is 402 g/mol. The molecule has 1 atom stereocenters. The lowest BCUT2D eigenvalue weighted by atomic mass is 10.1. The topological polar surface area (TPSA) is 62.7 Å². The second-order valence-corrected chi connectivity index (χ2v) is 7.72. The molecule has 1 aliphatic rings. The molecule has 0 radical (unpaired) electrons. The van der Waals surface area contributed by atoms with Gasteiger partial charge in [-0.05, 0) is 30.2 Å². The Balaban J connectivity index is 1.39. The largest absolute Gasteiger partial charge is 0.445 e. The van der Waals surface area contributed by atoms with Gasteiger partial charge in [0.05, 0.1) is 10.5 Å². The quantitative estimate of drug-likeness (QED) is 0.629. The summed E-state index contributed by atoms with van der Waals surface area (Å²) in [5.74, 6) is -0.0999. The zero-order chi connectivity index (χ0) is 21.1. The molecule has 154 valence electrons. The second kappa shape index (κ2) is 8.71. The number of rotatable bonds is 4. The van der Waals surface area contributed by atoms with E-state index in [2.05, 4.69) is 4.98 Å². The molecule has 0 spiro atoms. The predicted octanol–water partition coefficient (Wildman–Crippen LogP) is 4.26. The Bertz CT molecular complexity index is 1070. The molecule has 30 heavy (non-hydrogen) atoms. The summed E-state index contributed by atoms with van der Waals surface area (Å²) in [6, 6.07) is 16.5. The highest BCUT2D eigenvalue weighted by Crippen LogP contribution is 2.23. The van der Waals surface area contributed by atoms with E-state index in [0.29, 0.717) is 24.7 Å². The van der Waals surface area contributed by atoms with Crippen molar-refractivity contribution in [2.24, 2.45) is 0 Å². The molecule has 0 aliphatic carbocycles. The Morgan fingerprint density at radius 3 is 2.73 bits per heavy atom. The van der Waals surface area contributed by atoms with Crippen molar-refractivity contribution < 1.29 is 14.3 Å². The fourth-order valence-electron chi connectivity index (χ4n) is 3.62. The van der Waals surface area contributed by atoms with Gasteiger partial charge < -0.3 is 9.64 Å². The number of benzene rings is 2. The molecule has 1 aromatic heterocycles. The summed E-state index contributed by atoms with van der Waals surface area (Å²) in [7, 11) is 0. The number of carbonyl (C=O) groups excluding carboxylic acids is 2. The molecule has 0 N–H and O–H groups in total. The van der Waals surface area contributed by atoms with E-state index < -0.39 is 12.1 Å². The standard InChI is InChI=1S/C23H22ClN3O3/c1-16-22(28)26(14-18-7-8-19-20(24)9-10-25-21(19)13-18)11-12-27(16)23(29)30-15-17-5-3-2-4-6-17/h2-10,13,16H,11-12,14-15H2,1H3/t16-/m0/s1. The van der Waals surface area contributed by atoms with E-state index in [1.807, 2.05) is 48.5 Å². The lowest BCUT2D eigenvalue weighted by Crippen LogP contribution is -2.57. The van der Waals surface area contributed by atoms with Crippen LogP contribution in [-0.2, 0) is 22.7 Å². The van der Waals surface area contributed by atoms with Crippen molar-refractivity contribution in [2.45, 2.75) is 26.1 Å². The van der Waals surface area contributed by atoms with Crippen molar-refractivity contribution in [1.82, 2.24) is 14.8 Å². The van der Waals surface area contributed by atoms with Crippen molar-refractivity contribution in [3.63, 3.8) is 0 Å². The van der Waals surface area contributed by atoms with Crippen molar-refractivity contribution in [1.29, 1.82) is 0 Å². The van der Waals surface area contributed by atoms with Gasteiger partial charge in [-0.1, -0.05) is 54.1 Å². The highest BCUT2D eigenvalue weighted by Gasteiger charge is 2.35. The molecule has 0 bridgehead atoms. The minimum Gasteiger partial charge on any atom is -0.445 e. The number of pyridine rings is 1. The molecule has 2 amide bonds. The summed E-state index contributed by atoms with van der Waals surface area (Å²) >= 11 is 6.20. The third-order valence-electron chi connectivity index (χ3n) is 5.31. The zero-order valence-corrected chi connectivity index (χ0v) is 17.4. The van der Waals surface area contributed by atoms with Gasteiger partial charge in [0.25, 0.3) is 0 Å². The maximum atomic E-state index is 12.9. The van der Waals surface area contributed by atoms with Gasteiger partial charge in [-0.3, -0.25) is 14.7 Å². The first-order valence-corrected chi connectivity index (χ1v) is 10.2. The first kappa shape index (κ1) is 20.2. The minimum atomic E-state index is -0.574. The Morgan fingerprint density at radius 1 is 1.13 bits per heavy atom. The molecule has 0 saturated carbocycles. The molecule has 6 nitrogen and oxygen atoms in total. The van der Waals surface area contributed by atoms with E-state index in [1.54, 1.807) is 24.1 Å². The first-order chi connectivity index (χ1) is 14.5. The van der Waals surface area contributed by atoms with E-state index in [0.717, 1.165) is 22.0 Å². The van der Waals surface area contributed by atoms with Gasteiger partial charge in [0.15, 0.2) is 0 Å². The van der Waals surface area contributed by atoms with Crippen LogP contribution < -0.4 is 0 Å². The highest BCUT2D eigenvalue weighted by atomic mass is 35.5. The van der Waals surface area contributed by atoms with Gasteiger partial charge in [-0.15, -0.1) is 0 Å². The van der Waals surface area contributed by atoms with Gasteiger partial charge in [-0.2, -0.15) is 0 Å². The summed E-state index contributed by atoms with van der Waals surface area (Å²) in [6.45, 7) is 3.26. The van der Waals surface area contributed by atoms with Crippen LogP contribution in [0.15, 0.2) is 60.8 Å². The van der Waals surface area contributed by atoms with E-state index in [1.165, 1.54) is 4.90 Å². The van der Waals surface area contributed by atoms with Crippen LogP contribution in [-0.4, -0.2) is 45.9 Å². The molecule has 4 rings (SSSR count). The number of hydrogen-bond acceptors (Lipinski definition) is 4. The minimum absolute atomic E-state index is 0.0999. The molecule has 3 aromatic rings. The Kier molecular flexibility index (Phi) is 5.86. The van der Waals surface area contributed by atoms with Crippen molar-refractivity contribution >= 4 is 34.5 Å². The first-order valence-electron chi connectivity index (χ1n) is 9.82. The summed E-state index contributed by atoms with van der Waals surface area (Å²) in [6.07, 6.45) is 1.20. The number of fused-ring (bicyclic) bond motifs is 1. The van der Waals surface area contributed by atoms with Gasteiger partial charge >= 0.3 is 6.09 Å². The Hall–Kier alpha value is -3.12. The van der Waals surface area contributed by atoms with Crippen LogP contribution in [0.2, 0.25) is 5.02 Å². The fourth-order valence-corrected chi connectivity index (χ4v) is 3.83. The number of amides is 2. The van der Waals surface area contributed by atoms with E-state index in [4.69, 9.17) is 16.3 Å². The molecule has 7 heteroatoms. The van der Waals surface area contributed by atoms with Crippen LogP contribution in [0.5, 0.6) is 0 Å². The predicted molar refractivity (Wildman–Crippen MR) is 115 cm³/mol. The van der Waals surface area contributed by atoms with E-state index in [9.17, 15) is 9.59 Å². The maximum absolute atomic E-state index is 12.9. The van der Waals surface area contributed by atoms with Crippen molar-refractivity contribution in [3.05, 3.63) is 76.9 Å². The highest BCUT2D eigenvalue weighted by molar-refractivity contribution is 6.35. The average molecular weight is 424 g/mol. The summed E-state index contributed by atoms with van der Waals surface area (Å²) in [4.78, 5) is 33.0. The maximum Gasteiger partial charge on any atom is 0.410 e. The average Bonchev–Trinajstić information content (AvgIpc) is 2.76. The van der Waals surface area contributed by atoms with Crippen LogP contribution in [0.1, 0.15) is 18.1 Å². The van der Waals surface area contributed by atoms with E-state index >= 15 is 0 Å². The van der Waals surface area contributed by atoms with Crippen LogP contribution in [0.25, 0.3) is 10.9 Å². The summed E-state index contributed by atoms with van der Waals surface area (Å²) in [5, 5.41) is 1.53. The summed E-state index contributed by atoms with van der Waals surface area (Å²) in [5.41, 5.74) is 2.68. The number of ether oxygens (including phenoxy) is 1. The lowest BCUT2D eigenvalue weighted by molar-refractivity contribution is -0.140. The smallest absolute Gasteiger partial charge is 0.410 e. The molecule has 1 fully saturated rings. The second-order valence-electron chi connectivity index (χ2n) is 7.31. The van der Waals surface area contributed by atoms with Gasteiger partial charge in [0.1, 0.15) is 12.6 Å². The SMILES string of the molecule is C[C@H]1C(=O)N(Cc2ccc3c(Cl)ccnc3c2)CCN1C(=O)OCc1ccccc1. The number of hydrogen-bond donors (Lipinski definition) is 0. The van der Waals surface area contributed by atoms with Gasteiger partial charge in [-0.25, -0.2) is 4.79 Å². The zero-order valence-electron chi connectivity index (χ0n) is 16.6. The lowest BCUT2D eigenvalue weighted by Gasteiger charge is -2.38. The molecule has 1 aliphatic heterocycles. The normalized spacial score (nSPS) is 16.7. The van der Waals surface area contributed by atoms with Gasteiger partial charge in [0.2, 0.25) is 5.91 Å². The Labute approximate surface area is 180 Å². The molecule has 1 saturated heterocycles. The number of halogens is 1. The van der Waals surface area contributed by atoms with Gasteiger partial charge in [0, 0.05) is 31.2 Å². The van der Waals surface area contributed by atoms with Crippen molar-refractivity contribution in [2.75, 3.05) is 13.1 Å². The Morgan fingerprint density at radius 2 is 1.93 bits per heavy atom. The van der Waals surface area contributed by atoms with Crippen LogP contribution in [0.3, 0.4) is 0 Å². The number of aromatic nitrogens is 1. The number of piperazine rings is 1. The number of carbonyl (C=O) groups is 2. The van der Waals surface area contributed by atoms with Crippen LogP contribution in [0, 0.1) is 0 Å². The third-order valence-corrected chi connectivity index (χ3v) is 5.64. The molecule has 0 unspecified atom stereocenters. The van der Waals surface area contributed by atoms with E-state index in [-0.39, 0.29) is 12.5 Å². The van der Waals surface area contributed by atoms with Crippen molar-refractivity contribution in [3.8, 4) is 0 Å².